The van der Waals surface area contributed by atoms with Crippen LogP contribution in [0.2, 0.25) is 0 Å². The third-order valence-corrected chi connectivity index (χ3v) is 3.55. The third-order valence-electron chi connectivity index (χ3n) is 2.68. The molecule has 0 atom stereocenters. The molecule has 0 radical (unpaired) electrons. The Hall–Kier alpha value is -2.54. The van der Waals surface area contributed by atoms with Crippen molar-refractivity contribution in [1.29, 1.82) is 0 Å². The van der Waals surface area contributed by atoms with Gasteiger partial charge >= 0.3 is 0 Å². The highest BCUT2D eigenvalue weighted by atomic mass is 32.1. The van der Waals surface area contributed by atoms with Crippen LogP contribution in [0.15, 0.2) is 35.7 Å². The molecule has 0 aliphatic carbocycles. The van der Waals surface area contributed by atoms with Crippen molar-refractivity contribution in [3.63, 3.8) is 0 Å². The topological polar surface area (TPSA) is 76.7 Å². The average Bonchev–Trinajstić information content (AvgIpc) is 3.06. The fraction of sp³-hybridized carbons (Fsp3) is 0.143. The third kappa shape index (κ3) is 3.51. The quantitative estimate of drug-likeness (QED) is 0.845. The second kappa shape index (κ2) is 6.76. The van der Waals surface area contributed by atoms with Crippen LogP contribution in [0.4, 0.5) is 0 Å². The van der Waals surface area contributed by atoms with E-state index in [1.807, 2.05) is 0 Å². The number of thiophene rings is 1. The van der Waals surface area contributed by atoms with E-state index in [2.05, 4.69) is 10.9 Å². The van der Waals surface area contributed by atoms with E-state index in [-0.39, 0.29) is 5.91 Å². The van der Waals surface area contributed by atoms with Crippen LogP contribution in [0.1, 0.15) is 20.0 Å². The molecule has 1 heterocycles. The van der Waals surface area contributed by atoms with Crippen LogP contribution >= 0.6 is 11.3 Å². The maximum absolute atomic E-state index is 12.0. The fourth-order valence-electron chi connectivity index (χ4n) is 1.63. The highest BCUT2D eigenvalue weighted by Gasteiger charge is 2.12. The predicted molar refractivity (Wildman–Crippen MR) is 78.8 cm³/mol. The highest BCUT2D eigenvalue weighted by Crippen LogP contribution is 2.27. The Morgan fingerprint density at radius 3 is 2.33 bits per heavy atom. The Balaban J connectivity index is 2.02. The van der Waals surface area contributed by atoms with Gasteiger partial charge in [-0.25, -0.2) is 0 Å². The number of carbonyl (C=O) groups excluding carboxylic acids is 2. The summed E-state index contributed by atoms with van der Waals surface area (Å²) in [4.78, 5) is 24.2. The van der Waals surface area contributed by atoms with Gasteiger partial charge in [-0.1, -0.05) is 6.07 Å². The zero-order valence-electron chi connectivity index (χ0n) is 11.5. The van der Waals surface area contributed by atoms with Crippen molar-refractivity contribution in [2.24, 2.45) is 0 Å². The number of amides is 2. The summed E-state index contributed by atoms with van der Waals surface area (Å²) < 4.78 is 10.2. The van der Waals surface area contributed by atoms with Crippen molar-refractivity contribution in [3.8, 4) is 11.5 Å². The summed E-state index contributed by atoms with van der Waals surface area (Å²) in [6, 6.07) is 8.16. The molecule has 2 amide bonds. The highest BCUT2D eigenvalue weighted by molar-refractivity contribution is 7.12. The molecule has 1 aromatic heterocycles. The lowest BCUT2D eigenvalue weighted by Crippen LogP contribution is -2.41. The van der Waals surface area contributed by atoms with Crippen molar-refractivity contribution < 1.29 is 19.1 Å². The van der Waals surface area contributed by atoms with Gasteiger partial charge in [0.25, 0.3) is 11.8 Å². The molecule has 0 fully saturated rings. The van der Waals surface area contributed by atoms with Crippen LogP contribution < -0.4 is 20.3 Å². The second-order valence-corrected chi connectivity index (χ2v) is 4.90. The van der Waals surface area contributed by atoms with Crippen LogP contribution in [0.5, 0.6) is 11.5 Å². The summed E-state index contributed by atoms with van der Waals surface area (Å²) in [5.74, 6) is 0.158. The van der Waals surface area contributed by atoms with E-state index < -0.39 is 5.91 Å². The molecule has 21 heavy (non-hydrogen) atoms. The Labute approximate surface area is 125 Å². The summed E-state index contributed by atoms with van der Waals surface area (Å²) >= 11 is 1.29. The lowest BCUT2D eigenvalue weighted by Gasteiger charge is -2.10. The van der Waals surface area contributed by atoms with Gasteiger partial charge < -0.3 is 9.47 Å². The van der Waals surface area contributed by atoms with Gasteiger partial charge in [0.15, 0.2) is 11.5 Å². The fourth-order valence-corrected chi connectivity index (χ4v) is 2.25. The monoisotopic (exact) mass is 306 g/mol. The zero-order valence-corrected chi connectivity index (χ0v) is 12.3. The van der Waals surface area contributed by atoms with Crippen LogP contribution in [0.25, 0.3) is 0 Å². The minimum atomic E-state index is -0.444. The van der Waals surface area contributed by atoms with Gasteiger partial charge in [-0.2, -0.15) is 0 Å². The lowest BCUT2D eigenvalue weighted by molar-refractivity contribution is 0.0848. The van der Waals surface area contributed by atoms with Crippen molar-refractivity contribution in [3.05, 3.63) is 46.2 Å². The number of hydrazine groups is 1. The van der Waals surface area contributed by atoms with E-state index in [1.165, 1.54) is 31.6 Å². The van der Waals surface area contributed by atoms with Gasteiger partial charge in [-0.15, -0.1) is 11.3 Å². The van der Waals surface area contributed by atoms with E-state index in [4.69, 9.17) is 9.47 Å². The summed E-state index contributed by atoms with van der Waals surface area (Å²) in [6.07, 6.45) is 0. The molecule has 0 saturated heterocycles. The van der Waals surface area contributed by atoms with E-state index >= 15 is 0 Å². The Kier molecular flexibility index (Phi) is 4.78. The molecular formula is C14H14N2O4S. The van der Waals surface area contributed by atoms with Crippen molar-refractivity contribution in [2.75, 3.05) is 14.2 Å². The molecule has 2 rings (SSSR count). The number of benzene rings is 1. The molecule has 0 unspecified atom stereocenters. The first-order valence-electron chi connectivity index (χ1n) is 6.02. The number of carbonyl (C=O) groups is 2. The molecular weight excluding hydrogens is 292 g/mol. The Bertz CT molecular complexity index is 640. The smallest absolute Gasteiger partial charge is 0.279 e. The molecule has 6 nitrogen and oxygen atoms in total. The Morgan fingerprint density at radius 1 is 1.00 bits per heavy atom. The molecule has 0 saturated carbocycles. The van der Waals surface area contributed by atoms with Gasteiger partial charge in [-0.05, 0) is 29.6 Å². The number of ether oxygens (including phenoxy) is 2. The molecule has 0 bridgehead atoms. The van der Waals surface area contributed by atoms with E-state index in [0.29, 0.717) is 21.9 Å². The predicted octanol–water partition coefficient (Wildman–Crippen LogP) is 1.84. The van der Waals surface area contributed by atoms with Gasteiger partial charge in [-0.3, -0.25) is 20.4 Å². The molecule has 110 valence electrons. The first kappa shape index (κ1) is 14.9. The molecule has 1 aromatic carbocycles. The molecule has 7 heteroatoms. The van der Waals surface area contributed by atoms with Crippen LogP contribution in [-0.2, 0) is 0 Å². The zero-order chi connectivity index (χ0) is 15.2. The van der Waals surface area contributed by atoms with Gasteiger partial charge in [0.2, 0.25) is 0 Å². The molecule has 2 N–H and O–H groups in total. The minimum Gasteiger partial charge on any atom is -0.493 e. The van der Waals surface area contributed by atoms with Gasteiger partial charge in [0.1, 0.15) is 0 Å². The Morgan fingerprint density at radius 2 is 1.71 bits per heavy atom. The van der Waals surface area contributed by atoms with Gasteiger partial charge in [0, 0.05) is 5.56 Å². The van der Waals surface area contributed by atoms with Crippen molar-refractivity contribution in [1.82, 2.24) is 10.9 Å². The van der Waals surface area contributed by atoms with E-state index in [1.54, 1.807) is 29.6 Å². The molecule has 0 spiro atoms. The van der Waals surface area contributed by atoms with Gasteiger partial charge in [0.05, 0.1) is 19.1 Å². The number of nitrogens with one attached hydrogen (secondary N) is 2. The van der Waals surface area contributed by atoms with Crippen LogP contribution in [0, 0.1) is 0 Å². The molecule has 0 aliphatic heterocycles. The van der Waals surface area contributed by atoms with E-state index in [0.717, 1.165) is 0 Å². The summed E-state index contributed by atoms with van der Waals surface area (Å²) in [7, 11) is 3.00. The second-order valence-electron chi connectivity index (χ2n) is 3.96. The van der Waals surface area contributed by atoms with Crippen LogP contribution in [0.3, 0.4) is 0 Å². The largest absolute Gasteiger partial charge is 0.493 e. The summed E-state index contributed by atoms with van der Waals surface area (Å²) in [6.45, 7) is 0. The standard InChI is InChI=1S/C14H14N2O4S/c1-19-10-6-5-9(8-11(10)20-2)13(17)15-16-14(18)12-4-3-7-21-12/h3-8H,1-2H3,(H,15,17)(H,16,18). The lowest BCUT2D eigenvalue weighted by atomic mass is 10.2. The van der Waals surface area contributed by atoms with Crippen molar-refractivity contribution >= 4 is 23.2 Å². The number of rotatable bonds is 4. The summed E-state index contributed by atoms with van der Waals surface area (Å²) in [5, 5.41) is 1.78. The number of methoxy groups -OCH3 is 2. The molecule has 0 aliphatic rings. The molecule has 2 aromatic rings. The normalized spacial score (nSPS) is 9.81. The maximum atomic E-state index is 12.0. The maximum Gasteiger partial charge on any atom is 0.279 e. The van der Waals surface area contributed by atoms with Crippen molar-refractivity contribution in [2.45, 2.75) is 0 Å². The first-order chi connectivity index (χ1) is 10.2. The first-order valence-corrected chi connectivity index (χ1v) is 6.90. The average molecular weight is 306 g/mol. The minimum absolute atomic E-state index is 0.346. The number of hydrogen-bond donors (Lipinski definition) is 2. The van der Waals surface area contributed by atoms with E-state index in [9.17, 15) is 9.59 Å². The van der Waals surface area contributed by atoms with Crippen LogP contribution in [-0.4, -0.2) is 26.0 Å². The SMILES string of the molecule is COc1ccc(C(=O)NNC(=O)c2cccs2)cc1OC. The number of hydrogen-bond acceptors (Lipinski definition) is 5. The summed E-state index contributed by atoms with van der Waals surface area (Å²) in [5.41, 5.74) is 5.04.